The van der Waals surface area contributed by atoms with Gasteiger partial charge in [0.1, 0.15) is 31.2 Å². The van der Waals surface area contributed by atoms with Gasteiger partial charge >= 0.3 is 16.3 Å². The van der Waals surface area contributed by atoms with E-state index < -0.39 is 34.6 Å². The van der Waals surface area contributed by atoms with Gasteiger partial charge in [0, 0.05) is 12.6 Å². The number of hydrogen-bond donors (Lipinski definition) is 1. The normalized spacial score (nSPS) is 17.3. The summed E-state index contributed by atoms with van der Waals surface area (Å²) in [6.45, 7) is 4.22. The fourth-order valence-electron chi connectivity index (χ4n) is 5.42. The van der Waals surface area contributed by atoms with Crippen molar-refractivity contribution in [1.82, 2.24) is 9.62 Å². The first-order valence-electron chi connectivity index (χ1n) is 14.4. The molecule has 1 atom stereocenters. The summed E-state index contributed by atoms with van der Waals surface area (Å²) >= 11 is 0. The third kappa shape index (κ3) is 7.10. The zero-order chi connectivity index (χ0) is 30.6. The molecular formula is C32H36FN3O6S. The van der Waals surface area contributed by atoms with E-state index in [4.69, 9.17) is 9.47 Å². The Bertz CT molecular complexity index is 1570. The van der Waals surface area contributed by atoms with E-state index in [0.29, 0.717) is 36.4 Å². The van der Waals surface area contributed by atoms with E-state index >= 15 is 4.39 Å². The molecule has 5 rings (SSSR count). The molecule has 2 aliphatic rings. The Labute approximate surface area is 251 Å². The van der Waals surface area contributed by atoms with Crippen molar-refractivity contribution in [3.05, 3.63) is 94.8 Å². The predicted octanol–water partition coefficient (Wildman–Crippen LogP) is 5.13. The Kier molecular flexibility index (Phi) is 9.19. The molecule has 1 fully saturated rings. The molecule has 0 aromatic heterocycles. The fraction of sp³-hybridized carbons (Fsp3) is 0.375. The third-order valence-corrected chi connectivity index (χ3v) is 9.10. The number of aryl methyl sites for hydroxylation is 1. The summed E-state index contributed by atoms with van der Waals surface area (Å²) < 4.78 is 56.5. The quantitative estimate of drug-likeness (QED) is 0.342. The average molecular weight is 610 g/mol. The molecule has 3 aromatic carbocycles. The Hall–Kier alpha value is -4.12. The number of benzene rings is 3. The molecule has 43 heavy (non-hydrogen) atoms. The highest BCUT2D eigenvalue weighted by Gasteiger charge is 2.40. The highest BCUT2D eigenvalue weighted by Crippen LogP contribution is 2.41. The summed E-state index contributed by atoms with van der Waals surface area (Å²) in [5.74, 6) is -1.16. The van der Waals surface area contributed by atoms with Gasteiger partial charge < -0.3 is 14.4 Å². The maximum atomic E-state index is 16.5. The first-order valence-corrected chi connectivity index (χ1v) is 15.9. The smallest absolute Gasteiger partial charge is 0.410 e. The summed E-state index contributed by atoms with van der Waals surface area (Å²) in [5, 5.41) is 0. The predicted molar refractivity (Wildman–Crippen MR) is 160 cm³/mol. The number of rotatable bonds is 10. The lowest BCUT2D eigenvalue weighted by Crippen LogP contribution is -2.45. The van der Waals surface area contributed by atoms with Crippen molar-refractivity contribution in [2.45, 2.75) is 58.8 Å². The van der Waals surface area contributed by atoms with Crippen molar-refractivity contribution >= 4 is 27.9 Å². The molecule has 1 aliphatic heterocycles. The van der Waals surface area contributed by atoms with Crippen molar-refractivity contribution in [2.75, 3.05) is 17.4 Å². The van der Waals surface area contributed by atoms with Crippen molar-refractivity contribution in [3.63, 3.8) is 0 Å². The molecular weight excluding hydrogens is 573 g/mol. The van der Waals surface area contributed by atoms with Crippen molar-refractivity contribution in [3.8, 4) is 5.75 Å². The van der Waals surface area contributed by atoms with Gasteiger partial charge in [0.2, 0.25) is 0 Å². The molecule has 0 radical (unpaired) electrons. The summed E-state index contributed by atoms with van der Waals surface area (Å²) in [6.07, 6.45) is 1.46. The average Bonchev–Trinajstić information content (AvgIpc) is 3.27. The molecule has 3 aromatic rings. The Balaban J connectivity index is 1.45. The van der Waals surface area contributed by atoms with E-state index in [1.54, 1.807) is 11.0 Å². The first-order chi connectivity index (χ1) is 20.6. The van der Waals surface area contributed by atoms with Crippen LogP contribution in [0.2, 0.25) is 0 Å². The van der Waals surface area contributed by atoms with Gasteiger partial charge in [-0.15, -0.1) is 0 Å². The van der Waals surface area contributed by atoms with Crippen LogP contribution in [0.4, 0.5) is 14.9 Å². The van der Waals surface area contributed by atoms with E-state index in [1.807, 2.05) is 65.4 Å². The maximum absolute atomic E-state index is 16.5. The monoisotopic (exact) mass is 609 g/mol. The standard InChI is InChI=1S/C32H36FN3O6S/c1-22(2)15-16-35(32(38)42-21-24-11-7-4-8-12-24)26-14-13-25-17-28(41-20-23-9-5-3-6-10-23)31(30(33)27(25)18-26)36-19-29(37)34-43(36,39)40/h3-12,17,22,26H,13-16,18-21H2,1-2H3,(H,34,37)/t26-/m1/s1. The summed E-state index contributed by atoms with van der Waals surface area (Å²) in [6, 6.07) is 19.9. The summed E-state index contributed by atoms with van der Waals surface area (Å²) in [5.41, 5.74) is 2.35. The number of nitrogens with one attached hydrogen (secondary N) is 1. The molecule has 0 bridgehead atoms. The van der Waals surface area contributed by atoms with Crippen LogP contribution in [0.25, 0.3) is 0 Å². The van der Waals surface area contributed by atoms with Crippen LogP contribution >= 0.6 is 0 Å². The number of anilines is 1. The number of amides is 2. The minimum absolute atomic E-state index is 0.0394. The molecule has 1 saturated heterocycles. The fourth-order valence-corrected chi connectivity index (χ4v) is 6.58. The van der Waals surface area contributed by atoms with E-state index in [-0.39, 0.29) is 37.1 Å². The number of nitrogens with zero attached hydrogens (tertiary/aromatic N) is 2. The van der Waals surface area contributed by atoms with Crippen molar-refractivity contribution in [1.29, 1.82) is 0 Å². The molecule has 1 N–H and O–H groups in total. The zero-order valence-electron chi connectivity index (χ0n) is 24.3. The second-order valence-electron chi connectivity index (χ2n) is 11.3. The summed E-state index contributed by atoms with van der Waals surface area (Å²) in [7, 11) is -4.31. The number of fused-ring (bicyclic) bond motifs is 1. The van der Waals surface area contributed by atoms with Crippen LogP contribution in [-0.4, -0.2) is 44.4 Å². The first kappa shape index (κ1) is 30.3. The largest absolute Gasteiger partial charge is 0.487 e. The zero-order valence-corrected chi connectivity index (χ0v) is 25.1. The second kappa shape index (κ2) is 13.0. The van der Waals surface area contributed by atoms with Gasteiger partial charge in [-0.05, 0) is 59.9 Å². The van der Waals surface area contributed by atoms with Crippen LogP contribution in [0.1, 0.15) is 48.9 Å². The molecule has 0 saturated carbocycles. The number of ether oxygens (including phenoxy) is 2. The van der Waals surface area contributed by atoms with Gasteiger partial charge in [-0.25, -0.2) is 18.2 Å². The Morgan fingerprint density at radius 2 is 1.72 bits per heavy atom. The van der Waals surface area contributed by atoms with Gasteiger partial charge in [0.25, 0.3) is 5.91 Å². The van der Waals surface area contributed by atoms with Gasteiger partial charge in [0.15, 0.2) is 5.82 Å². The molecule has 9 nitrogen and oxygen atoms in total. The van der Waals surface area contributed by atoms with Crippen LogP contribution < -0.4 is 13.8 Å². The lowest BCUT2D eigenvalue weighted by Gasteiger charge is -2.36. The SMILES string of the molecule is CC(C)CCN(C(=O)OCc1ccccc1)[C@@H]1CCc2cc(OCc3ccccc3)c(N3CC(=O)NS3(=O)=O)c(F)c2C1. The minimum atomic E-state index is -4.31. The lowest BCUT2D eigenvalue weighted by molar-refractivity contribution is -0.117. The van der Waals surface area contributed by atoms with E-state index in [9.17, 15) is 18.0 Å². The van der Waals surface area contributed by atoms with Gasteiger partial charge in [-0.3, -0.25) is 4.79 Å². The van der Waals surface area contributed by atoms with Crippen LogP contribution in [0, 0.1) is 11.7 Å². The summed E-state index contributed by atoms with van der Waals surface area (Å²) in [4.78, 5) is 27.1. The molecule has 0 unspecified atom stereocenters. The number of carbonyl (C=O) groups excluding carboxylic acids is 2. The minimum Gasteiger partial charge on any atom is -0.487 e. The molecule has 0 spiro atoms. The van der Waals surface area contributed by atoms with Gasteiger partial charge in [-0.2, -0.15) is 8.42 Å². The Morgan fingerprint density at radius 1 is 1.07 bits per heavy atom. The molecule has 2 amide bonds. The molecule has 11 heteroatoms. The van der Waals surface area contributed by atoms with Gasteiger partial charge in [0.05, 0.1) is 0 Å². The van der Waals surface area contributed by atoms with Crippen LogP contribution in [0.3, 0.4) is 0 Å². The van der Waals surface area contributed by atoms with Crippen LogP contribution in [-0.2, 0) is 45.8 Å². The topological polar surface area (TPSA) is 105 Å². The van der Waals surface area contributed by atoms with Crippen molar-refractivity contribution in [2.24, 2.45) is 5.92 Å². The maximum Gasteiger partial charge on any atom is 0.410 e. The van der Waals surface area contributed by atoms with E-state index in [0.717, 1.165) is 21.9 Å². The lowest BCUT2D eigenvalue weighted by atomic mass is 9.86. The van der Waals surface area contributed by atoms with Crippen LogP contribution in [0.5, 0.6) is 5.75 Å². The highest BCUT2D eigenvalue weighted by atomic mass is 32.2. The molecule has 1 heterocycles. The van der Waals surface area contributed by atoms with E-state index in [1.165, 1.54) is 0 Å². The third-order valence-electron chi connectivity index (χ3n) is 7.72. The Morgan fingerprint density at radius 3 is 2.33 bits per heavy atom. The van der Waals surface area contributed by atoms with Crippen LogP contribution in [0.15, 0.2) is 66.7 Å². The van der Waals surface area contributed by atoms with E-state index in [2.05, 4.69) is 13.8 Å². The number of halogens is 1. The highest BCUT2D eigenvalue weighted by molar-refractivity contribution is 7.92. The molecule has 1 aliphatic carbocycles. The van der Waals surface area contributed by atoms with Crippen molar-refractivity contribution < 1.29 is 31.9 Å². The number of carbonyl (C=O) groups is 2. The van der Waals surface area contributed by atoms with Gasteiger partial charge in [-0.1, -0.05) is 74.5 Å². The number of hydrogen-bond acceptors (Lipinski definition) is 6. The molecule has 228 valence electrons. The second-order valence-corrected chi connectivity index (χ2v) is 12.9.